The van der Waals surface area contributed by atoms with Gasteiger partial charge >= 0.3 is 0 Å². The monoisotopic (exact) mass is 338 g/mol. The molecule has 1 aromatic heterocycles. The van der Waals surface area contributed by atoms with Gasteiger partial charge in [0, 0.05) is 6.54 Å². The van der Waals surface area contributed by atoms with E-state index in [-0.39, 0.29) is 11.9 Å². The van der Waals surface area contributed by atoms with Crippen molar-refractivity contribution in [2.24, 2.45) is 0 Å². The van der Waals surface area contributed by atoms with Gasteiger partial charge in [-0.2, -0.15) is 0 Å². The number of nitrogens with one attached hydrogen (secondary N) is 1. The number of nitrogens with zero attached hydrogens (tertiary/aromatic N) is 1. The number of likely N-dealkylation sites (N-methyl/N-ethyl adjacent to an activating group) is 1. The van der Waals surface area contributed by atoms with Crippen LogP contribution >= 0.6 is 0 Å². The van der Waals surface area contributed by atoms with Gasteiger partial charge in [0.25, 0.3) is 5.91 Å². The first kappa shape index (κ1) is 17.0. The molecule has 1 amide bonds. The van der Waals surface area contributed by atoms with Crippen LogP contribution in [0.15, 0.2) is 59.2 Å². The van der Waals surface area contributed by atoms with Gasteiger partial charge in [0.2, 0.25) is 0 Å². The van der Waals surface area contributed by atoms with Crippen LogP contribution in [0.4, 0.5) is 0 Å². The first-order chi connectivity index (χ1) is 12.1. The summed E-state index contributed by atoms with van der Waals surface area (Å²) in [4.78, 5) is 14.7. The molecular weight excluding hydrogens is 316 g/mol. The van der Waals surface area contributed by atoms with Gasteiger partial charge in [-0.3, -0.25) is 9.69 Å². The van der Waals surface area contributed by atoms with Crippen LogP contribution in [0, 0.1) is 0 Å². The quantitative estimate of drug-likeness (QED) is 0.748. The van der Waals surface area contributed by atoms with Gasteiger partial charge in [0.1, 0.15) is 11.5 Å². The van der Waals surface area contributed by atoms with Crippen LogP contribution in [-0.2, 0) is 0 Å². The summed E-state index contributed by atoms with van der Waals surface area (Å²) in [5, 5.41) is 5.03. The average Bonchev–Trinajstić information content (AvgIpc) is 3.14. The molecule has 1 N–H and O–H groups in total. The minimum atomic E-state index is -0.166. The van der Waals surface area contributed by atoms with Crippen LogP contribution in [0.3, 0.4) is 0 Å². The third-order valence-corrected chi connectivity index (χ3v) is 4.26. The van der Waals surface area contributed by atoms with Crippen molar-refractivity contribution in [3.63, 3.8) is 0 Å². The Morgan fingerprint density at radius 2 is 1.88 bits per heavy atom. The second-order valence-corrected chi connectivity index (χ2v) is 6.10. The van der Waals surface area contributed by atoms with Gasteiger partial charge in [-0.15, -0.1) is 0 Å². The van der Waals surface area contributed by atoms with Gasteiger partial charge in [-0.05, 0) is 49.1 Å². The van der Waals surface area contributed by atoms with Crippen molar-refractivity contribution < 1.29 is 13.9 Å². The number of benzene rings is 2. The lowest BCUT2D eigenvalue weighted by atomic mass is 10.1. The maximum Gasteiger partial charge on any atom is 0.255 e. The molecule has 5 nitrogen and oxygen atoms in total. The Morgan fingerprint density at radius 1 is 1.16 bits per heavy atom. The van der Waals surface area contributed by atoms with E-state index in [9.17, 15) is 4.79 Å². The molecule has 2 aromatic carbocycles. The minimum Gasteiger partial charge on any atom is -0.496 e. The summed E-state index contributed by atoms with van der Waals surface area (Å²) in [5.74, 6) is 1.22. The molecule has 0 saturated carbocycles. The number of carbonyl (C=O) groups is 1. The number of furan rings is 1. The molecule has 25 heavy (non-hydrogen) atoms. The van der Waals surface area contributed by atoms with Crippen molar-refractivity contribution in [1.29, 1.82) is 0 Å². The SMILES string of the molecule is COc1cc2ccccc2cc1C(=O)NC[C@@H](c1ccco1)N(C)C. The Bertz CT molecular complexity index is 857. The highest BCUT2D eigenvalue weighted by Gasteiger charge is 2.20. The maximum absolute atomic E-state index is 12.7. The Morgan fingerprint density at radius 3 is 2.48 bits per heavy atom. The zero-order valence-electron chi connectivity index (χ0n) is 14.7. The molecule has 0 bridgehead atoms. The Labute approximate surface area is 147 Å². The molecule has 0 radical (unpaired) electrons. The van der Waals surface area contributed by atoms with E-state index in [0.29, 0.717) is 17.9 Å². The summed E-state index contributed by atoms with van der Waals surface area (Å²) in [6.45, 7) is 0.440. The predicted octanol–water partition coefficient (Wildman–Crippen LogP) is 3.47. The highest BCUT2D eigenvalue weighted by Crippen LogP contribution is 2.26. The maximum atomic E-state index is 12.7. The van der Waals surface area contributed by atoms with Gasteiger partial charge in [0.15, 0.2) is 0 Å². The van der Waals surface area contributed by atoms with Crippen molar-refractivity contribution in [3.8, 4) is 5.75 Å². The molecule has 130 valence electrons. The van der Waals surface area contributed by atoms with Crippen LogP contribution in [0.2, 0.25) is 0 Å². The molecular formula is C20H22N2O3. The highest BCUT2D eigenvalue weighted by atomic mass is 16.5. The zero-order valence-corrected chi connectivity index (χ0v) is 14.7. The van der Waals surface area contributed by atoms with Gasteiger partial charge < -0.3 is 14.5 Å². The Kier molecular flexibility index (Phi) is 5.05. The Balaban J connectivity index is 1.82. The largest absolute Gasteiger partial charge is 0.496 e. The van der Waals surface area contributed by atoms with Crippen molar-refractivity contribution in [2.45, 2.75) is 6.04 Å². The first-order valence-corrected chi connectivity index (χ1v) is 8.15. The summed E-state index contributed by atoms with van der Waals surface area (Å²) in [6.07, 6.45) is 1.64. The molecule has 0 aliphatic heterocycles. The number of ether oxygens (including phenoxy) is 1. The lowest BCUT2D eigenvalue weighted by Crippen LogP contribution is -2.34. The highest BCUT2D eigenvalue weighted by molar-refractivity contribution is 6.01. The molecule has 1 heterocycles. The van der Waals surface area contributed by atoms with Gasteiger partial charge in [-0.25, -0.2) is 0 Å². The molecule has 0 saturated heterocycles. The second-order valence-electron chi connectivity index (χ2n) is 6.10. The van der Waals surface area contributed by atoms with E-state index in [0.717, 1.165) is 16.5 Å². The van der Waals surface area contributed by atoms with Gasteiger partial charge in [0.05, 0.1) is 25.0 Å². The number of hydrogen-bond acceptors (Lipinski definition) is 4. The average molecular weight is 338 g/mol. The number of rotatable bonds is 6. The van der Waals surface area contributed by atoms with Crippen molar-refractivity contribution in [1.82, 2.24) is 10.2 Å². The summed E-state index contributed by atoms with van der Waals surface area (Å²) >= 11 is 0. The molecule has 0 unspecified atom stereocenters. The fraction of sp³-hybridized carbons (Fsp3) is 0.250. The fourth-order valence-electron chi connectivity index (χ4n) is 2.87. The van der Waals surface area contributed by atoms with Gasteiger partial charge in [-0.1, -0.05) is 24.3 Å². The summed E-state index contributed by atoms with van der Waals surface area (Å²) in [6, 6.07) is 15.4. The van der Waals surface area contributed by atoms with E-state index in [1.165, 1.54) is 0 Å². The molecule has 5 heteroatoms. The number of hydrogen-bond donors (Lipinski definition) is 1. The lowest BCUT2D eigenvalue weighted by Gasteiger charge is -2.22. The first-order valence-electron chi connectivity index (χ1n) is 8.15. The molecule has 0 spiro atoms. The molecule has 0 fully saturated rings. The summed E-state index contributed by atoms with van der Waals surface area (Å²) in [5.41, 5.74) is 0.526. The number of amides is 1. The van der Waals surface area contributed by atoms with Crippen LogP contribution in [0.5, 0.6) is 5.75 Å². The lowest BCUT2D eigenvalue weighted by molar-refractivity contribution is 0.0936. The van der Waals surface area contributed by atoms with E-state index >= 15 is 0 Å². The minimum absolute atomic E-state index is 0.0367. The molecule has 3 rings (SSSR count). The van der Waals surface area contributed by atoms with E-state index in [4.69, 9.17) is 9.15 Å². The van der Waals surface area contributed by atoms with Crippen LogP contribution in [-0.4, -0.2) is 38.6 Å². The summed E-state index contributed by atoms with van der Waals surface area (Å²) < 4.78 is 10.9. The van der Waals surface area contributed by atoms with E-state index in [1.807, 2.05) is 67.5 Å². The van der Waals surface area contributed by atoms with E-state index in [1.54, 1.807) is 13.4 Å². The summed E-state index contributed by atoms with van der Waals surface area (Å²) in [7, 11) is 5.48. The fourth-order valence-corrected chi connectivity index (χ4v) is 2.87. The van der Waals surface area contributed by atoms with Crippen LogP contribution in [0.1, 0.15) is 22.2 Å². The second kappa shape index (κ2) is 7.40. The van der Waals surface area contributed by atoms with Crippen molar-refractivity contribution in [2.75, 3.05) is 27.7 Å². The number of fused-ring (bicyclic) bond motifs is 1. The van der Waals surface area contributed by atoms with Crippen molar-refractivity contribution in [3.05, 3.63) is 66.1 Å². The molecule has 0 aliphatic rings. The third-order valence-electron chi connectivity index (χ3n) is 4.26. The smallest absolute Gasteiger partial charge is 0.255 e. The van der Waals surface area contributed by atoms with E-state index < -0.39 is 0 Å². The van der Waals surface area contributed by atoms with Crippen molar-refractivity contribution >= 4 is 16.7 Å². The topological polar surface area (TPSA) is 54.7 Å². The normalized spacial score (nSPS) is 12.3. The van der Waals surface area contributed by atoms with E-state index in [2.05, 4.69) is 5.32 Å². The zero-order chi connectivity index (χ0) is 17.8. The number of methoxy groups -OCH3 is 1. The third kappa shape index (κ3) is 3.67. The molecule has 1 atom stereocenters. The molecule has 3 aromatic rings. The van der Waals surface area contributed by atoms with Crippen LogP contribution < -0.4 is 10.1 Å². The standard InChI is InChI=1S/C20H22N2O3/c1-22(2)17(18-9-6-10-25-18)13-21-20(23)16-11-14-7-4-5-8-15(14)12-19(16)24-3/h4-12,17H,13H2,1-3H3,(H,21,23)/t17-/m0/s1. The van der Waals surface area contributed by atoms with Crippen LogP contribution in [0.25, 0.3) is 10.8 Å². The predicted molar refractivity (Wildman–Crippen MR) is 98.0 cm³/mol. The Hall–Kier alpha value is -2.79. The number of carbonyl (C=O) groups excluding carboxylic acids is 1. The molecule has 0 aliphatic carbocycles.